The maximum absolute atomic E-state index is 2.73. The van der Waals surface area contributed by atoms with Crippen LogP contribution in [0.1, 0.15) is 52.7 Å². The lowest BCUT2D eigenvalue weighted by atomic mass is 9.31. The molecular weight excluding hydrogens is 1370 g/mol. The van der Waals surface area contributed by atoms with E-state index in [1.54, 1.807) is 0 Å². The third-order valence-corrected chi connectivity index (χ3v) is 24.3. The molecule has 0 bridgehead atoms. The lowest BCUT2D eigenvalue weighted by Crippen LogP contribution is -2.64. The maximum atomic E-state index is 2.73. The molecule has 16 aromatic carbocycles. The van der Waals surface area contributed by atoms with Gasteiger partial charge in [-0.25, -0.2) is 0 Å². The Morgan fingerprint density at radius 2 is 0.625 bits per heavy atom. The molecule has 0 saturated carbocycles. The molecule has 0 fully saturated rings. The molecule has 112 heavy (non-hydrogen) atoms. The molecule has 0 spiro atoms. The van der Waals surface area contributed by atoms with Crippen LogP contribution in [-0.2, 0) is 10.8 Å². The summed E-state index contributed by atoms with van der Waals surface area (Å²) in [6.07, 6.45) is 0. The Kier molecular flexibility index (Phi) is 16.8. The Morgan fingerprint density at radius 1 is 0.241 bits per heavy atom. The molecule has 4 aliphatic rings. The minimum absolute atomic E-state index is 0.0574. The molecule has 5 nitrogen and oxygen atoms in total. The van der Waals surface area contributed by atoms with E-state index in [1.807, 2.05) is 11.8 Å². The second kappa shape index (κ2) is 27.5. The molecule has 4 heterocycles. The van der Waals surface area contributed by atoms with Crippen molar-refractivity contribution < 1.29 is 0 Å². The molecule has 534 valence electrons. The summed E-state index contributed by atoms with van der Waals surface area (Å²) < 4.78 is 0. The number of fused-ring (bicyclic) bond motifs is 8. The van der Waals surface area contributed by atoms with Crippen molar-refractivity contribution in [2.24, 2.45) is 0 Å². The van der Waals surface area contributed by atoms with Gasteiger partial charge in [0.05, 0.1) is 11.4 Å². The van der Waals surface area contributed by atoms with E-state index >= 15 is 0 Å². The first-order valence-corrected chi connectivity index (χ1v) is 39.9. The number of anilines is 15. The Labute approximate surface area is 663 Å². The summed E-state index contributed by atoms with van der Waals surface area (Å²) in [7, 11) is 0. The Balaban J connectivity index is 0.895. The van der Waals surface area contributed by atoms with Crippen molar-refractivity contribution in [1.29, 1.82) is 0 Å². The van der Waals surface area contributed by atoms with Gasteiger partial charge in [0.15, 0.2) is 0 Å². The van der Waals surface area contributed by atoms with Crippen LogP contribution in [0.5, 0.6) is 0 Å². The zero-order valence-electron chi connectivity index (χ0n) is 63.7. The van der Waals surface area contributed by atoms with Crippen LogP contribution in [0.25, 0.3) is 44.5 Å². The van der Waals surface area contributed by atoms with Gasteiger partial charge in [0, 0.05) is 94.9 Å². The molecule has 0 amide bonds. The monoisotopic (exact) mass is 1450 g/mol. The van der Waals surface area contributed by atoms with Crippen LogP contribution in [-0.4, -0.2) is 13.4 Å². The average molecular weight is 1450 g/mol. The van der Waals surface area contributed by atoms with Crippen molar-refractivity contribution in [3.8, 4) is 44.5 Å². The maximum Gasteiger partial charge on any atom is 0.252 e. The fraction of sp³-hybridized carbons (Fsp3) is 0.0769. The van der Waals surface area contributed by atoms with Gasteiger partial charge in [0.1, 0.15) is 0 Å². The van der Waals surface area contributed by atoms with Crippen molar-refractivity contribution in [2.45, 2.75) is 62.2 Å². The van der Waals surface area contributed by atoms with Gasteiger partial charge in [-0.05, 0) is 198 Å². The van der Waals surface area contributed by atoms with E-state index in [2.05, 4.69) is 448 Å². The normalized spacial score (nSPS) is 13.0. The van der Waals surface area contributed by atoms with E-state index in [9.17, 15) is 0 Å². The predicted octanol–water partition coefficient (Wildman–Crippen LogP) is 24.7. The first-order chi connectivity index (χ1) is 54.8. The van der Waals surface area contributed by atoms with E-state index in [0.29, 0.717) is 0 Å². The molecule has 0 aliphatic carbocycles. The second-order valence-corrected chi connectivity index (χ2v) is 33.1. The van der Waals surface area contributed by atoms with E-state index in [1.165, 1.54) is 70.4 Å². The highest BCUT2D eigenvalue weighted by Crippen LogP contribution is 2.55. The van der Waals surface area contributed by atoms with Gasteiger partial charge >= 0.3 is 0 Å². The molecule has 4 aliphatic heterocycles. The summed E-state index contributed by atoms with van der Waals surface area (Å²) in [6, 6.07) is 144. The summed E-state index contributed by atoms with van der Waals surface area (Å²) >= 11 is 1.92. The van der Waals surface area contributed by atoms with E-state index in [4.69, 9.17) is 0 Å². The molecule has 0 atom stereocenters. The third kappa shape index (κ3) is 11.8. The van der Waals surface area contributed by atoms with Gasteiger partial charge in [-0.2, -0.15) is 0 Å². The summed E-state index contributed by atoms with van der Waals surface area (Å²) in [4.78, 5) is 15.2. The minimum atomic E-state index is -0.220. The smallest absolute Gasteiger partial charge is 0.252 e. The Hall–Kier alpha value is -13.0. The van der Waals surface area contributed by atoms with Gasteiger partial charge in [0.25, 0.3) is 6.71 Å². The number of rotatable bonds is 13. The van der Waals surface area contributed by atoms with Crippen molar-refractivity contribution in [2.75, 3.05) is 24.5 Å². The van der Waals surface area contributed by atoms with Crippen LogP contribution in [0.4, 0.5) is 85.3 Å². The summed E-state index contributed by atoms with van der Waals surface area (Å²) in [5.41, 5.74) is 35.8. The first kappa shape index (κ1) is 68.3. The molecular formula is C104H81B2N5S. The van der Waals surface area contributed by atoms with E-state index in [0.717, 1.165) is 113 Å². The summed E-state index contributed by atoms with van der Waals surface area (Å²) in [5, 5.41) is 0. The van der Waals surface area contributed by atoms with Crippen molar-refractivity contribution in [3.63, 3.8) is 0 Å². The molecule has 0 saturated heterocycles. The largest absolute Gasteiger partial charge is 0.311 e. The molecule has 8 heteroatoms. The van der Waals surface area contributed by atoms with Gasteiger partial charge in [-0.15, -0.1) is 0 Å². The standard InChI is InChI=1S/C104H81B2N5S/c1-103(2,3)76-57-51-73(52-58-76)86-45-30-46-87(74-53-59-77(60-54-74)104(4,5)6)102(86)111-94-69-98-91(68-90(94)105-88-47-25-27-49-92(88)109(80-40-21-11-22-41-80)95-64-84(65-96(111)100(95)105)107(78-36-17-9-18-37-78)79-38-19-10-20-39-79)106-89-48-26-28-50-93(89)110(81-42-23-12-24-43-81)97-66-85(67-99(112-98)101(97)106)108(82-61-55-72(56-62-82)70-31-13-7-14-32-70)83-44-29-35-75(63-83)71-33-15-8-16-34-71/h7-69H,1-6H3. The molecule has 0 N–H and O–H groups in total. The van der Waals surface area contributed by atoms with Crippen molar-refractivity contribution in [3.05, 3.63) is 393 Å². The zero-order chi connectivity index (χ0) is 75.3. The number of hydrogen-bond acceptors (Lipinski definition) is 6. The molecule has 0 unspecified atom stereocenters. The summed E-state index contributed by atoms with van der Waals surface area (Å²) in [6.45, 7) is 13.5. The topological polar surface area (TPSA) is 16.2 Å². The number of para-hydroxylation sites is 7. The minimum Gasteiger partial charge on any atom is -0.311 e. The van der Waals surface area contributed by atoms with E-state index in [-0.39, 0.29) is 24.3 Å². The Morgan fingerprint density at radius 3 is 1.14 bits per heavy atom. The van der Waals surface area contributed by atoms with Crippen LogP contribution >= 0.6 is 11.8 Å². The summed E-state index contributed by atoms with van der Waals surface area (Å²) in [5.74, 6) is 0. The zero-order valence-corrected chi connectivity index (χ0v) is 64.5. The highest BCUT2D eigenvalue weighted by Gasteiger charge is 2.48. The van der Waals surface area contributed by atoms with Crippen LogP contribution in [0, 0.1) is 0 Å². The quantitative estimate of drug-likeness (QED) is 0.106. The average Bonchev–Trinajstić information content (AvgIpc) is 0.685. The lowest BCUT2D eigenvalue weighted by molar-refractivity contribution is 0.590. The highest BCUT2D eigenvalue weighted by atomic mass is 32.2. The SMILES string of the molecule is CC(C)(C)c1ccc(-c2cccc(-c3ccc(C(C)(C)C)cc3)c2N2c3cc4c(cc3B3c5ccccc5N(c5ccccc5)c5cc(N(c6ccccc6)c6ccccc6)cc2c53)B2c3ccccc3N(c3ccccc3)c3cc(N(c5ccc(-c6ccccc6)cc5)c5cccc(-c6ccccc6)c5)cc(c32)S4)cc1. The number of nitrogens with zero attached hydrogens (tertiary/aromatic N) is 5. The van der Waals surface area contributed by atoms with Crippen LogP contribution in [0.2, 0.25) is 0 Å². The molecule has 16 aromatic rings. The van der Waals surface area contributed by atoms with Crippen molar-refractivity contribution >= 4 is 143 Å². The van der Waals surface area contributed by atoms with Gasteiger partial charge in [0.2, 0.25) is 6.71 Å². The first-order valence-electron chi connectivity index (χ1n) is 39.1. The van der Waals surface area contributed by atoms with Gasteiger partial charge in [-0.1, -0.05) is 326 Å². The second-order valence-electron chi connectivity index (χ2n) is 32.0. The van der Waals surface area contributed by atoms with Gasteiger partial charge in [-0.3, -0.25) is 0 Å². The van der Waals surface area contributed by atoms with Crippen LogP contribution in [0.15, 0.2) is 392 Å². The third-order valence-electron chi connectivity index (χ3n) is 23.1. The predicted molar refractivity (Wildman–Crippen MR) is 479 cm³/mol. The fourth-order valence-corrected chi connectivity index (χ4v) is 19.0. The lowest BCUT2D eigenvalue weighted by Gasteiger charge is -2.46. The fourth-order valence-electron chi connectivity index (χ4n) is 17.8. The Bertz CT molecular complexity index is 6130. The van der Waals surface area contributed by atoms with Crippen LogP contribution in [0.3, 0.4) is 0 Å². The number of hydrogen-bond donors (Lipinski definition) is 0. The molecule has 20 rings (SSSR count). The number of benzene rings is 16. The van der Waals surface area contributed by atoms with Gasteiger partial charge < -0.3 is 24.5 Å². The van der Waals surface area contributed by atoms with Crippen molar-refractivity contribution in [1.82, 2.24) is 0 Å². The molecule has 0 aromatic heterocycles. The van der Waals surface area contributed by atoms with E-state index < -0.39 is 0 Å². The van der Waals surface area contributed by atoms with Crippen LogP contribution < -0.4 is 57.3 Å². The highest BCUT2D eigenvalue weighted by molar-refractivity contribution is 8.00. The molecule has 0 radical (unpaired) electrons.